The van der Waals surface area contributed by atoms with E-state index < -0.39 is 39.3 Å². The van der Waals surface area contributed by atoms with Gasteiger partial charge in [-0.05, 0) is 24.8 Å². The molecule has 0 saturated heterocycles. The molecule has 1 amide bonds. The third-order valence-electron chi connectivity index (χ3n) is 3.68. The number of nitro groups is 1. The van der Waals surface area contributed by atoms with E-state index in [4.69, 9.17) is 5.26 Å². The van der Waals surface area contributed by atoms with Crippen LogP contribution in [0.3, 0.4) is 0 Å². The molecule has 0 radical (unpaired) electrons. The number of nitriles is 1. The number of amides is 1. The summed E-state index contributed by atoms with van der Waals surface area (Å²) in [6.45, 7) is 0.443. The van der Waals surface area contributed by atoms with Crippen molar-refractivity contribution in [1.29, 1.82) is 5.26 Å². The maximum absolute atomic E-state index is 12.3. The van der Waals surface area contributed by atoms with Crippen LogP contribution in [0.1, 0.15) is 18.4 Å². The van der Waals surface area contributed by atoms with Gasteiger partial charge in [-0.3, -0.25) is 14.9 Å². The molecule has 9 nitrogen and oxygen atoms in total. The van der Waals surface area contributed by atoms with Crippen LogP contribution in [0.2, 0.25) is 0 Å². The van der Waals surface area contributed by atoms with Crippen molar-refractivity contribution in [2.45, 2.75) is 12.8 Å². The third kappa shape index (κ3) is 3.38. The monoisotopic (exact) mass is 333 g/mol. The lowest BCUT2D eigenvalue weighted by Gasteiger charge is -2.16. The largest absolute Gasteiger partial charge is 0.506 e. The summed E-state index contributed by atoms with van der Waals surface area (Å²) in [6, 6.07) is 3.19. The number of phenolic OH excluding ortho intramolecular Hbond substituents is 2. The van der Waals surface area contributed by atoms with Crippen molar-refractivity contribution in [3.8, 4) is 17.6 Å². The summed E-state index contributed by atoms with van der Waals surface area (Å²) in [5.74, 6) is -2.96. The van der Waals surface area contributed by atoms with Gasteiger partial charge < -0.3 is 20.2 Å². The van der Waals surface area contributed by atoms with Crippen LogP contribution in [-0.2, 0) is 4.79 Å². The zero-order valence-corrected chi connectivity index (χ0v) is 12.8. The highest BCUT2D eigenvalue weighted by Gasteiger charge is 2.28. The highest BCUT2D eigenvalue weighted by atomic mass is 16.6. The summed E-state index contributed by atoms with van der Waals surface area (Å²) in [7, 11) is 1.49. The number of nitro benzene ring substituents is 1. The Labute approximate surface area is 136 Å². The van der Waals surface area contributed by atoms with Crippen molar-refractivity contribution in [2.75, 3.05) is 13.6 Å². The number of hydrogen-bond donors (Lipinski definition) is 3. The molecule has 0 unspecified atom stereocenters. The Morgan fingerprint density at radius 1 is 1.46 bits per heavy atom. The summed E-state index contributed by atoms with van der Waals surface area (Å²) < 4.78 is 0. The normalized spacial score (nSPS) is 14.5. The van der Waals surface area contributed by atoms with Crippen LogP contribution in [0.5, 0.6) is 11.5 Å². The van der Waals surface area contributed by atoms with E-state index in [0.29, 0.717) is 12.5 Å². The van der Waals surface area contributed by atoms with Gasteiger partial charge in [0, 0.05) is 25.2 Å². The number of benzene rings is 1. The number of carbonyl (C=O) groups is 1. The van der Waals surface area contributed by atoms with Crippen LogP contribution in [-0.4, -0.2) is 44.6 Å². The second-order valence-corrected chi connectivity index (χ2v) is 5.58. The zero-order valence-electron chi connectivity index (χ0n) is 12.8. The lowest BCUT2D eigenvalue weighted by molar-refractivity contribution is -0.386. The Kier molecular flexibility index (Phi) is 4.59. The average Bonchev–Trinajstić information content (AvgIpc) is 3.33. The Bertz CT molecular complexity index is 776. The molecule has 2 rings (SSSR count). The van der Waals surface area contributed by atoms with E-state index in [1.807, 2.05) is 0 Å². The van der Waals surface area contributed by atoms with Crippen LogP contribution in [0.25, 0.3) is 5.76 Å². The highest BCUT2D eigenvalue weighted by molar-refractivity contribution is 6.03. The Morgan fingerprint density at radius 3 is 2.58 bits per heavy atom. The standard InChI is InChI=1S/C15H15N3O6/c1-17(7-8-2-3-8)15(22)10(6-16)13(20)9-4-11(18(23)24)14(21)12(19)5-9/h4-5,8,19-21H,2-3,7H2,1H3/b13-10-. The molecule has 0 heterocycles. The van der Waals surface area contributed by atoms with Crippen molar-refractivity contribution in [3.05, 3.63) is 33.4 Å². The van der Waals surface area contributed by atoms with E-state index in [0.717, 1.165) is 25.0 Å². The zero-order chi connectivity index (χ0) is 18.0. The predicted octanol–water partition coefficient (Wildman–Crippen LogP) is 1.67. The maximum atomic E-state index is 12.3. The Morgan fingerprint density at radius 2 is 2.08 bits per heavy atom. The molecular weight excluding hydrogens is 318 g/mol. The highest BCUT2D eigenvalue weighted by Crippen LogP contribution is 2.38. The van der Waals surface area contributed by atoms with Crippen LogP contribution in [0.15, 0.2) is 17.7 Å². The van der Waals surface area contributed by atoms with E-state index in [-0.39, 0.29) is 5.56 Å². The summed E-state index contributed by atoms with van der Waals surface area (Å²) in [5.41, 5.74) is -1.77. The van der Waals surface area contributed by atoms with Crippen molar-refractivity contribution >= 4 is 17.4 Å². The number of rotatable bonds is 5. The van der Waals surface area contributed by atoms with E-state index in [1.54, 1.807) is 6.07 Å². The van der Waals surface area contributed by atoms with Crippen molar-refractivity contribution < 1.29 is 25.0 Å². The number of carbonyl (C=O) groups excluding carboxylic acids is 1. The van der Waals surface area contributed by atoms with Gasteiger partial charge in [-0.1, -0.05) is 0 Å². The van der Waals surface area contributed by atoms with Crippen LogP contribution >= 0.6 is 0 Å². The summed E-state index contributed by atoms with van der Waals surface area (Å²) in [5, 5.41) is 49.2. The third-order valence-corrected chi connectivity index (χ3v) is 3.68. The molecule has 24 heavy (non-hydrogen) atoms. The molecular formula is C15H15N3O6. The van der Waals surface area contributed by atoms with Crippen molar-refractivity contribution in [2.24, 2.45) is 5.92 Å². The van der Waals surface area contributed by atoms with E-state index in [9.17, 15) is 30.2 Å². The number of aromatic hydroxyl groups is 2. The minimum Gasteiger partial charge on any atom is -0.506 e. The van der Waals surface area contributed by atoms with Crippen molar-refractivity contribution in [3.63, 3.8) is 0 Å². The Hall–Kier alpha value is -3.28. The molecule has 0 aliphatic heterocycles. The van der Waals surface area contributed by atoms with Gasteiger partial charge in [0.1, 0.15) is 11.8 Å². The van der Waals surface area contributed by atoms with Crippen LogP contribution in [0.4, 0.5) is 5.69 Å². The summed E-state index contributed by atoms with van der Waals surface area (Å²) in [4.78, 5) is 23.5. The second-order valence-electron chi connectivity index (χ2n) is 5.58. The summed E-state index contributed by atoms with van der Waals surface area (Å²) >= 11 is 0. The van der Waals surface area contributed by atoms with Crippen LogP contribution in [0, 0.1) is 27.4 Å². The molecule has 0 spiro atoms. The SMILES string of the molecule is CN(CC1CC1)C(=O)/C(C#N)=C(\O)c1cc(O)c(O)c([N+](=O)[O-])c1. The fourth-order valence-electron chi connectivity index (χ4n) is 2.19. The fourth-order valence-corrected chi connectivity index (χ4v) is 2.19. The average molecular weight is 333 g/mol. The minimum atomic E-state index is -0.966. The lowest BCUT2D eigenvalue weighted by atomic mass is 10.1. The number of phenols is 2. The van der Waals surface area contributed by atoms with Gasteiger partial charge in [-0.25, -0.2) is 0 Å². The molecule has 126 valence electrons. The van der Waals surface area contributed by atoms with Gasteiger partial charge in [-0.15, -0.1) is 0 Å². The number of nitrogens with zero attached hydrogens (tertiary/aromatic N) is 3. The molecule has 3 N–H and O–H groups in total. The smallest absolute Gasteiger partial charge is 0.315 e. The number of likely N-dealkylation sites (N-methyl/N-ethyl adjacent to an activating group) is 1. The van der Waals surface area contributed by atoms with Gasteiger partial charge in [-0.2, -0.15) is 5.26 Å². The van der Waals surface area contributed by atoms with E-state index in [1.165, 1.54) is 11.9 Å². The second kappa shape index (κ2) is 6.45. The lowest BCUT2D eigenvalue weighted by Crippen LogP contribution is -2.30. The van der Waals surface area contributed by atoms with Crippen LogP contribution < -0.4 is 0 Å². The first-order valence-corrected chi connectivity index (χ1v) is 7.05. The first kappa shape index (κ1) is 17.1. The van der Waals surface area contributed by atoms with Gasteiger partial charge in [0.05, 0.1) is 4.92 Å². The molecule has 1 aromatic rings. The molecule has 1 fully saturated rings. The van der Waals surface area contributed by atoms with E-state index in [2.05, 4.69) is 0 Å². The first-order valence-electron chi connectivity index (χ1n) is 7.05. The molecule has 9 heteroatoms. The number of hydrogen-bond acceptors (Lipinski definition) is 7. The molecule has 0 atom stereocenters. The van der Waals surface area contributed by atoms with Gasteiger partial charge >= 0.3 is 5.69 Å². The molecule has 1 aliphatic rings. The predicted molar refractivity (Wildman–Crippen MR) is 81.9 cm³/mol. The van der Waals surface area contributed by atoms with Gasteiger partial charge in [0.25, 0.3) is 5.91 Å². The molecule has 0 aromatic heterocycles. The maximum Gasteiger partial charge on any atom is 0.315 e. The Balaban J connectivity index is 2.44. The van der Waals surface area contributed by atoms with E-state index >= 15 is 0 Å². The summed E-state index contributed by atoms with van der Waals surface area (Å²) in [6.07, 6.45) is 1.99. The quantitative estimate of drug-likeness (QED) is 0.185. The van der Waals surface area contributed by atoms with Gasteiger partial charge in [0.15, 0.2) is 11.3 Å². The number of aliphatic hydroxyl groups is 1. The fraction of sp³-hybridized carbons (Fsp3) is 0.333. The molecule has 0 bridgehead atoms. The minimum absolute atomic E-state index is 0.318. The van der Waals surface area contributed by atoms with Crippen molar-refractivity contribution in [1.82, 2.24) is 4.90 Å². The topological polar surface area (TPSA) is 148 Å². The first-order chi connectivity index (χ1) is 11.3. The molecule has 1 saturated carbocycles. The molecule has 1 aromatic carbocycles. The number of aliphatic hydroxyl groups excluding tert-OH is 1. The van der Waals surface area contributed by atoms with Gasteiger partial charge in [0.2, 0.25) is 5.75 Å². The molecule has 1 aliphatic carbocycles.